The van der Waals surface area contributed by atoms with Crippen molar-refractivity contribution < 1.29 is 30.7 Å². The highest BCUT2D eigenvalue weighted by Gasteiger charge is 2.18. The molecule has 0 aliphatic rings. The van der Waals surface area contributed by atoms with Gasteiger partial charge in [-0.2, -0.15) is 0 Å². The number of benzene rings is 3. The fourth-order valence-electron chi connectivity index (χ4n) is 2.62. The Morgan fingerprint density at radius 1 is 0.710 bits per heavy atom. The maximum atomic E-state index is 13.0. The van der Waals surface area contributed by atoms with Crippen LogP contribution in [0.4, 0.5) is 15.8 Å². The van der Waals surface area contributed by atoms with Crippen LogP contribution in [0.5, 0.6) is 11.5 Å². The Hall–Kier alpha value is -3.31. The highest BCUT2D eigenvalue weighted by molar-refractivity contribution is 7.93. The molecule has 0 fully saturated rings. The van der Waals surface area contributed by atoms with Crippen molar-refractivity contribution in [3.05, 3.63) is 72.5 Å². The van der Waals surface area contributed by atoms with Crippen molar-refractivity contribution in [3.8, 4) is 11.5 Å². The van der Waals surface area contributed by atoms with Crippen molar-refractivity contribution in [2.75, 3.05) is 23.7 Å². The number of methoxy groups -OCH3 is 2. The normalized spacial score (nSPS) is 11.6. The number of anilines is 2. The van der Waals surface area contributed by atoms with Gasteiger partial charge in [0.25, 0.3) is 20.0 Å². The van der Waals surface area contributed by atoms with Crippen LogP contribution in [0.3, 0.4) is 0 Å². The summed E-state index contributed by atoms with van der Waals surface area (Å²) in [6.45, 7) is 0. The maximum absolute atomic E-state index is 13.0. The summed E-state index contributed by atoms with van der Waals surface area (Å²) in [6.07, 6.45) is 0. The molecule has 0 heterocycles. The molecule has 0 aromatic heterocycles. The monoisotopic (exact) mass is 466 g/mol. The van der Waals surface area contributed by atoms with E-state index >= 15 is 0 Å². The molecule has 3 rings (SSSR count). The van der Waals surface area contributed by atoms with Gasteiger partial charge >= 0.3 is 0 Å². The van der Waals surface area contributed by atoms with E-state index < -0.39 is 25.9 Å². The standard InChI is InChI=1S/C20H19FN2O6S2/c1-28-16-7-12-19(20(13-16)29-2)23-31(26,27)18-10-5-15(6-11-18)22-30(24,25)17-8-3-14(21)4-9-17/h3-13,22-23H,1-2H3. The number of hydrogen-bond acceptors (Lipinski definition) is 6. The summed E-state index contributed by atoms with van der Waals surface area (Å²) >= 11 is 0. The molecule has 3 aromatic carbocycles. The number of ether oxygens (including phenoxy) is 2. The molecule has 2 N–H and O–H groups in total. The minimum atomic E-state index is -3.97. The molecule has 0 spiro atoms. The summed E-state index contributed by atoms with van der Waals surface area (Å²) in [6, 6.07) is 14.0. The van der Waals surface area contributed by atoms with Crippen molar-refractivity contribution in [2.24, 2.45) is 0 Å². The first-order valence-corrected chi connectivity index (χ1v) is 11.7. The molecule has 0 unspecified atom stereocenters. The fourth-order valence-corrected chi connectivity index (χ4v) is 4.75. The summed E-state index contributed by atoms with van der Waals surface area (Å²) in [5.41, 5.74) is 0.356. The van der Waals surface area contributed by atoms with Gasteiger partial charge in [0.2, 0.25) is 0 Å². The van der Waals surface area contributed by atoms with Gasteiger partial charge in [-0.3, -0.25) is 9.44 Å². The van der Waals surface area contributed by atoms with Crippen LogP contribution in [0.15, 0.2) is 76.5 Å². The molecule has 164 valence electrons. The smallest absolute Gasteiger partial charge is 0.262 e. The Bertz CT molecular complexity index is 1280. The molecule has 0 bridgehead atoms. The van der Waals surface area contributed by atoms with Gasteiger partial charge in [-0.15, -0.1) is 0 Å². The lowest BCUT2D eigenvalue weighted by Gasteiger charge is -2.13. The number of halogens is 1. The SMILES string of the molecule is COc1ccc(NS(=O)(=O)c2ccc(NS(=O)(=O)c3ccc(F)cc3)cc2)c(OC)c1. The Morgan fingerprint density at radius 3 is 1.81 bits per heavy atom. The predicted molar refractivity (Wildman–Crippen MR) is 114 cm³/mol. The van der Waals surface area contributed by atoms with Gasteiger partial charge in [0.1, 0.15) is 17.3 Å². The van der Waals surface area contributed by atoms with E-state index in [-0.39, 0.29) is 26.9 Å². The van der Waals surface area contributed by atoms with Crippen LogP contribution in [0, 0.1) is 5.82 Å². The van der Waals surface area contributed by atoms with Gasteiger partial charge in [-0.25, -0.2) is 21.2 Å². The molecule has 31 heavy (non-hydrogen) atoms. The molecule has 0 aliphatic heterocycles. The molecule has 0 aliphatic carbocycles. The third-order valence-electron chi connectivity index (χ3n) is 4.19. The van der Waals surface area contributed by atoms with E-state index in [0.29, 0.717) is 5.75 Å². The summed E-state index contributed by atoms with van der Waals surface area (Å²) < 4.78 is 78.2. The first-order valence-electron chi connectivity index (χ1n) is 8.78. The van der Waals surface area contributed by atoms with Gasteiger partial charge in [0, 0.05) is 11.8 Å². The second-order valence-electron chi connectivity index (χ2n) is 6.26. The summed E-state index contributed by atoms with van der Waals surface area (Å²) in [7, 11) is -5.05. The zero-order valence-electron chi connectivity index (χ0n) is 16.5. The third kappa shape index (κ3) is 5.25. The van der Waals surface area contributed by atoms with Crippen LogP contribution in [0.1, 0.15) is 0 Å². The lowest BCUT2D eigenvalue weighted by Crippen LogP contribution is -2.15. The fraction of sp³-hybridized carbons (Fsp3) is 0.100. The van der Waals surface area contributed by atoms with Gasteiger partial charge in [0.15, 0.2) is 0 Å². The van der Waals surface area contributed by atoms with E-state index in [2.05, 4.69) is 9.44 Å². The van der Waals surface area contributed by atoms with Crippen LogP contribution in [-0.4, -0.2) is 31.1 Å². The van der Waals surface area contributed by atoms with Gasteiger partial charge in [-0.05, 0) is 60.7 Å². The largest absolute Gasteiger partial charge is 0.497 e. The van der Waals surface area contributed by atoms with Crippen molar-refractivity contribution in [3.63, 3.8) is 0 Å². The van der Waals surface area contributed by atoms with Crippen LogP contribution in [0.25, 0.3) is 0 Å². The highest BCUT2D eigenvalue weighted by Crippen LogP contribution is 2.31. The molecule has 11 heteroatoms. The lowest BCUT2D eigenvalue weighted by molar-refractivity contribution is 0.395. The molecular weight excluding hydrogens is 447 g/mol. The average Bonchev–Trinajstić information content (AvgIpc) is 2.74. The summed E-state index contributed by atoms with van der Waals surface area (Å²) in [4.78, 5) is -0.214. The van der Waals surface area contributed by atoms with Gasteiger partial charge in [-0.1, -0.05) is 0 Å². The molecule has 0 radical (unpaired) electrons. The third-order valence-corrected chi connectivity index (χ3v) is 6.97. The first-order chi connectivity index (χ1) is 14.6. The van der Waals surface area contributed by atoms with Crippen molar-refractivity contribution >= 4 is 31.4 Å². The quantitative estimate of drug-likeness (QED) is 0.526. The molecule has 3 aromatic rings. The zero-order chi connectivity index (χ0) is 22.6. The van der Waals surface area contributed by atoms with Crippen LogP contribution in [0.2, 0.25) is 0 Å². The molecule has 0 atom stereocenters. The molecule has 8 nitrogen and oxygen atoms in total. The summed E-state index contributed by atoms with van der Waals surface area (Å²) in [5.74, 6) is 0.207. The second kappa shape index (κ2) is 8.82. The maximum Gasteiger partial charge on any atom is 0.262 e. The van der Waals surface area contributed by atoms with E-state index in [1.165, 1.54) is 50.6 Å². The van der Waals surface area contributed by atoms with Crippen molar-refractivity contribution in [1.82, 2.24) is 0 Å². The van der Waals surface area contributed by atoms with Crippen molar-refractivity contribution in [1.29, 1.82) is 0 Å². The minimum absolute atomic E-state index is 0.0879. The molecule has 0 saturated carbocycles. The Balaban J connectivity index is 1.79. The molecule has 0 amide bonds. The highest BCUT2D eigenvalue weighted by atomic mass is 32.2. The topological polar surface area (TPSA) is 111 Å². The number of rotatable bonds is 8. The van der Waals surface area contributed by atoms with Crippen LogP contribution >= 0.6 is 0 Å². The van der Waals surface area contributed by atoms with Crippen LogP contribution < -0.4 is 18.9 Å². The van der Waals surface area contributed by atoms with Crippen LogP contribution in [-0.2, 0) is 20.0 Å². The zero-order valence-corrected chi connectivity index (χ0v) is 18.1. The first kappa shape index (κ1) is 22.4. The Kier molecular flexibility index (Phi) is 6.37. The van der Waals surface area contributed by atoms with E-state index in [0.717, 1.165) is 24.3 Å². The second-order valence-corrected chi connectivity index (χ2v) is 9.62. The average molecular weight is 467 g/mol. The minimum Gasteiger partial charge on any atom is -0.497 e. The Morgan fingerprint density at radius 2 is 1.26 bits per heavy atom. The lowest BCUT2D eigenvalue weighted by atomic mass is 10.3. The molecule has 0 saturated heterocycles. The molecular formula is C20H19FN2O6S2. The Labute approximate surface area is 179 Å². The summed E-state index contributed by atoms with van der Waals surface area (Å²) in [5, 5.41) is 0. The van der Waals surface area contributed by atoms with E-state index in [1.807, 2.05) is 0 Å². The van der Waals surface area contributed by atoms with E-state index in [1.54, 1.807) is 6.07 Å². The predicted octanol–water partition coefficient (Wildman–Crippen LogP) is 3.44. The van der Waals surface area contributed by atoms with E-state index in [9.17, 15) is 21.2 Å². The van der Waals surface area contributed by atoms with Gasteiger partial charge in [0.05, 0.1) is 29.7 Å². The van der Waals surface area contributed by atoms with Gasteiger partial charge < -0.3 is 9.47 Å². The number of nitrogens with one attached hydrogen (secondary N) is 2. The van der Waals surface area contributed by atoms with E-state index in [4.69, 9.17) is 9.47 Å². The number of hydrogen-bond donors (Lipinski definition) is 2. The number of sulfonamides is 2. The van der Waals surface area contributed by atoms with Crippen molar-refractivity contribution in [2.45, 2.75) is 9.79 Å².